The van der Waals surface area contributed by atoms with Gasteiger partial charge in [-0.25, -0.2) is 17.6 Å². The van der Waals surface area contributed by atoms with Gasteiger partial charge in [0.1, 0.15) is 0 Å². The van der Waals surface area contributed by atoms with E-state index >= 15 is 0 Å². The molecule has 2 aliphatic rings. The lowest BCUT2D eigenvalue weighted by molar-refractivity contribution is 0.180. The van der Waals surface area contributed by atoms with Crippen LogP contribution in [0.15, 0.2) is 12.2 Å². The van der Waals surface area contributed by atoms with Crippen molar-refractivity contribution in [1.29, 1.82) is 0 Å². The highest BCUT2D eigenvalue weighted by molar-refractivity contribution is 5.47. The predicted octanol–water partition coefficient (Wildman–Crippen LogP) is 2.74. The molecule has 0 aromatic heterocycles. The summed E-state index contributed by atoms with van der Waals surface area (Å²) in [4.78, 5) is 0. The van der Waals surface area contributed by atoms with E-state index in [1.807, 2.05) is 0 Å². The Balaban J connectivity index is 2.34. The molecule has 0 unspecified atom stereocenters. The molecule has 17 heavy (non-hydrogen) atoms. The average Bonchev–Trinajstić information content (AvgIpc) is 2.64. The fraction of sp³-hybridized carbons (Fsp3) is 0.333. The van der Waals surface area contributed by atoms with Gasteiger partial charge in [0.15, 0.2) is 23.3 Å². The first-order valence-corrected chi connectivity index (χ1v) is 5.24. The normalized spacial score (nSPS) is 29.6. The summed E-state index contributed by atoms with van der Waals surface area (Å²) in [6.45, 7) is 0. The Labute approximate surface area is 94.4 Å². The summed E-state index contributed by atoms with van der Waals surface area (Å²) in [5.74, 6) is -7.48. The second kappa shape index (κ2) is 3.32. The Morgan fingerprint density at radius 1 is 0.882 bits per heavy atom. The maximum Gasteiger partial charge on any atom is 0.197 e. The highest BCUT2D eigenvalue weighted by atomic mass is 19.2. The summed E-state index contributed by atoms with van der Waals surface area (Å²) in [5.41, 5.74) is -0.372. The van der Waals surface area contributed by atoms with Crippen LogP contribution in [0, 0.1) is 23.3 Å². The molecule has 0 radical (unpaired) electrons. The lowest BCUT2D eigenvalue weighted by Crippen LogP contribution is -2.17. The molecule has 1 N–H and O–H groups in total. The Hall–Kier alpha value is -1.36. The molecular weight excluding hydrogens is 236 g/mol. The van der Waals surface area contributed by atoms with E-state index in [4.69, 9.17) is 0 Å². The zero-order valence-electron chi connectivity index (χ0n) is 8.55. The molecule has 1 aromatic rings. The summed E-state index contributed by atoms with van der Waals surface area (Å²) in [6, 6.07) is 0. The smallest absolute Gasteiger partial charge is 0.197 e. The van der Waals surface area contributed by atoms with Crippen LogP contribution in [0.1, 0.15) is 29.4 Å². The van der Waals surface area contributed by atoms with Crippen molar-refractivity contribution in [3.05, 3.63) is 46.5 Å². The number of allylic oxidation sites excluding steroid dienone is 1. The number of rotatable bonds is 0. The third-order valence-electron chi connectivity index (χ3n) is 3.54. The number of aliphatic hydroxyl groups is 1. The minimum absolute atomic E-state index is 0.154. The lowest BCUT2D eigenvalue weighted by atomic mass is 9.90. The minimum Gasteiger partial charge on any atom is -0.388 e. The van der Waals surface area contributed by atoms with Crippen molar-refractivity contribution >= 4 is 0 Å². The molecule has 0 saturated heterocycles. The van der Waals surface area contributed by atoms with E-state index in [1.54, 1.807) is 0 Å². The standard InChI is InChI=1S/C12H8F4O/c13-9-7-4-1-2-6(17)5(3-4)8(7)10(14)12(16)11(9)15/h1-2,4-6,17H,3H2/t4-,5-,6-/m1/s1. The van der Waals surface area contributed by atoms with Gasteiger partial charge >= 0.3 is 0 Å². The third kappa shape index (κ3) is 1.23. The molecule has 2 aliphatic carbocycles. The molecule has 3 atom stereocenters. The van der Waals surface area contributed by atoms with Gasteiger partial charge in [0, 0.05) is 23.0 Å². The largest absolute Gasteiger partial charge is 0.388 e. The third-order valence-corrected chi connectivity index (χ3v) is 3.54. The summed E-state index contributed by atoms with van der Waals surface area (Å²) in [6.07, 6.45) is 2.22. The topological polar surface area (TPSA) is 20.2 Å². The number of aliphatic hydroxyl groups excluding tert-OH is 1. The zero-order chi connectivity index (χ0) is 12.3. The molecule has 0 amide bonds. The Morgan fingerprint density at radius 2 is 1.47 bits per heavy atom. The van der Waals surface area contributed by atoms with Crippen LogP contribution in [0.25, 0.3) is 0 Å². The van der Waals surface area contributed by atoms with Gasteiger partial charge in [0.2, 0.25) is 0 Å². The van der Waals surface area contributed by atoms with E-state index in [-0.39, 0.29) is 17.5 Å². The van der Waals surface area contributed by atoms with Crippen molar-refractivity contribution < 1.29 is 22.7 Å². The van der Waals surface area contributed by atoms with Gasteiger partial charge in [0.25, 0.3) is 0 Å². The Kier molecular flexibility index (Phi) is 2.10. The second-order valence-electron chi connectivity index (χ2n) is 4.41. The quantitative estimate of drug-likeness (QED) is 0.322. The van der Waals surface area contributed by atoms with E-state index in [0.717, 1.165) is 0 Å². The maximum atomic E-state index is 13.6. The van der Waals surface area contributed by atoms with Gasteiger partial charge in [-0.1, -0.05) is 12.2 Å². The summed E-state index contributed by atoms with van der Waals surface area (Å²) in [5, 5.41) is 9.63. The van der Waals surface area contributed by atoms with Crippen LogP contribution in [0.3, 0.4) is 0 Å². The van der Waals surface area contributed by atoms with Crippen molar-refractivity contribution in [1.82, 2.24) is 0 Å². The lowest BCUT2D eigenvalue weighted by Gasteiger charge is -2.19. The molecule has 0 aliphatic heterocycles. The van der Waals surface area contributed by atoms with Crippen LogP contribution in [-0.2, 0) is 0 Å². The van der Waals surface area contributed by atoms with Gasteiger partial charge in [-0.2, -0.15) is 0 Å². The number of hydrogen-bond acceptors (Lipinski definition) is 1. The fourth-order valence-corrected chi connectivity index (χ4v) is 2.77. The fourth-order valence-electron chi connectivity index (χ4n) is 2.77. The van der Waals surface area contributed by atoms with E-state index < -0.39 is 41.2 Å². The number of benzene rings is 1. The maximum absolute atomic E-state index is 13.6. The van der Waals surface area contributed by atoms with Crippen molar-refractivity contribution in [3.63, 3.8) is 0 Å². The molecule has 1 nitrogen and oxygen atoms in total. The molecular formula is C12H8F4O. The molecule has 2 bridgehead atoms. The summed E-state index contributed by atoms with van der Waals surface area (Å²) < 4.78 is 53.5. The van der Waals surface area contributed by atoms with E-state index in [1.165, 1.54) is 12.2 Å². The predicted molar refractivity (Wildman–Crippen MR) is 51.5 cm³/mol. The van der Waals surface area contributed by atoms with Crippen molar-refractivity contribution in [2.24, 2.45) is 0 Å². The Morgan fingerprint density at radius 3 is 2.12 bits per heavy atom. The van der Waals surface area contributed by atoms with E-state index in [2.05, 4.69) is 0 Å². The van der Waals surface area contributed by atoms with Gasteiger partial charge in [0.05, 0.1) is 6.10 Å². The molecule has 0 heterocycles. The van der Waals surface area contributed by atoms with E-state index in [0.29, 0.717) is 0 Å². The minimum atomic E-state index is -1.80. The van der Waals surface area contributed by atoms with Crippen molar-refractivity contribution in [2.75, 3.05) is 0 Å². The molecule has 0 fully saturated rings. The highest BCUT2D eigenvalue weighted by Gasteiger charge is 2.43. The Bertz CT molecular complexity index is 538. The van der Waals surface area contributed by atoms with Crippen LogP contribution in [-0.4, -0.2) is 11.2 Å². The number of halogens is 4. The van der Waals surface area contributed by atoms with Crippen molar-refractivity contribution in [2.45, 2.75) is 24.4 Å². The number of fused-ring (bicyclic) bond motifs is 5. The van der Waals surface area contributed by atoms with Crippen molar-refractivity contribution in [3.8, 4) is 0 Å². The SMILES string of the molecule is O[C@@H]1C=C[C@@H]2C[C@H]1c1c(F)c(F)c(F)c(F)c12. The van der Waals surface area contributed by atoms with Gasteiger partial charge in [-0.3, -0.25) is 0 Å². The molecule has 3 rings (SSSR count). The highest BCUT2D eigenvalue weighted by Crippen LogP contribution is 2.50. The monoisotopic (exact) mass is 244 g/mol. The van der Waals surface area contributed by atoms with Crippen LogP contribution in [0.4, 0.5) is 17.6 Å². The van der Waals surface area contributed by atoms with Crippen LogP contribution >= 0.6 is 0 Å². The molecule has 0 saturated carbocycles. The first-order chi connectivity index (χ1) is 8.02. The van der Waals surface area contributed by atoms with Crippen LogP contribution in [0.5, 0.6) is 0 Å². The van der Waals surface area contributed by atoms with Crippen LogP contribution in [0.2, 0.25) is 0 Å². The second-order valence-corrected chi connectivity index (χ2v) is 4.41. The first-order valence-electron chi connectivity index (χ1n) is 5.24. The average molecular weight is 244 g/mol. The zero-order valence-corrected chi connectivity index (χ0v) is 8.55. The summed E-state index contributed by atoms with van der Waals surface area (Å²) >= 11 is 0. The molecule has 90 valence electrons. The van der Waals surface area contributed by atoms with E-state index in [9.17, 15) is 22.7 Å². The van der Waals surface area contributed by atoms with Crippen LogP contribution < -0.4 is 0 Å². The summed E-state index contributed by atoms with van der Waals surface area (Å²) in [7, 11) is 0. The molecule has 5 heteroatoms. The van der Waals surface area contributed by atoms with Gasteiger partial charge < -0.3 is 5.11 Å². The van der Waals surface area contributed by atoms with Gasteiger partial charge in [-0.15, -0.1) is 0 Å². The number of hydrogen-bond donors (Lipinski definition) is 1. The molecule has 1 aromatic carbocycles. The van der Waals surface area contributed by atoms with Gasteiger partial charge in [-0.05, 0) is 6.42 Å². The molecule has 0 spiro atoms. The first kappa shape index (κ1) is 10.8.